The summed E-state index contributed by atoms with van der Waals surface area (Å²) in [6, 6.07) is 8.30. The molecule has 0 bridgehead atoms. The number of hydrogen-bond donors (Lipinski definition) is 0. The largest absolute Gasteiger partial charge is 0.474 e. The van der Waals surface area contributed by atoms with Crippen molar-refractivity contribution in [3.05, 3.63) is 55.9 Å². The van der Waals surface area contributed by atoms with Crippen LogP contribution in [0.2, 0.25) is 5.02 Å². The smallest absolute Gasteiger partial charge is 0.323 e. The topological polar surface area (TPSA) is 69.4 Å². The van der Waals surface area contributed by atoms with E-state index in [9.17, 15) is 14.9 Å². The van der Waals surface area contributed by atoms with Crippen LogP contribution in [0.1, 0.15) is 22.2 Å². The zero-order valence-corrected chi connectivity index (χ0v) is 12.0. The lowest BCUT2D eigenvalue weighted by molar-refractivity contribution is -0.385. The zero-order valence-electron chi connectivity index (χ0n) is 10.5. The average Bonchev–Trinajstić information content (AvgIpc) is 2.82. The standard InChI is InChI=1S/C13H10ClNO4S/c1-8(16)12-6-11(15(17)18)13(20-12)19-7-9-4-2-3-5-10(9)14/h2-6H,7H2,1H3. The molecule has 0 radical (unpaired) electrons. The molecule has 0 saturated carbocycles. The summed E-state index contributed by atoms with van der Waals surface area (Å²) in [6.07, 6.45) is 0. The number of nitrogens with zero attached hydrogens (tertiary/aromatic N) is 1. The molecule has 2 aromatic rings. The minimum atomic E-state index is -0.565. The first kappa shape index (κ1) is 14.5. The Labute approximate surface area is 123 Å². The number of halogens is 1. The molecule has 0 spiro atoms. The molecule has 2 rings (SSSR count). The summed E-state index contributed by atoms with van der Waals surface area (Å²) >= 11 is 6.95. The summed E-state index contributed by atoms with van der Waals surface area (Å²) in [7, 11) is 0. The number of benzene rings is 1. The van der Waals surface area contributed by atoms with Crippen LogP contribution >= 0.6 is 22.9 Å². The Kier molecular flexibility index (Phi) is 4.36. The maximum Gasteiger partial charge on any atom is 0.323 e. The van der Waals surface area contributed by atoms with Gasteiger partial charge in [-0.15, -0.1) is 0 Å². The number of carbonyl (C=O) groups is 1. The summed E-state index contributed by atoms with van der Waals surface area (Å²) in [6.45, 7) is 1.46. The normalized spacial score (nSPS) is 10.3. The first-order valence-electron chi connectivity index (χ1n) is 5.64. The lowest BCUT2D eigenvalue weighted by Gasteiger charge is -2.05. The van der Waals surface area contributed by atoms with Gasteiger partial charge in [0.2, 0.25) is 0 Å². The number of carbonyl (C=O) groups excluding carboxylic acids is 1. The van der Waals surface area contributed by atoms with Crippen molar-refractivity contribution >= 4 is 34.4 Å². The Hall–Kier alpha value is -1.92. The summed E-state index contributed by atoms with van der Waals surface area (Å²) in [4.78, 5) is 21.9. The number of Topliss-reactive ketones (excluding diaryl/α,β-unsaturated/α-hetero) is 1. The first-order valence-corrected chi connectivity index (χ1v) is 6.84. The van der Waals surface area contributed by atoms with Gasteiger partial charge < -0.3 is 4.74 Å². The molecule has 5 nitrogen and oxygen atoms in total. The van der Waals surface area contributed by atoms with E-state index >= 15 is 0 Å². The van der Waals surface area contributed by atoms with Gasteiger partial charge in [0.05, 0.1) is 9.80 Å². The molecular weight excluding hydrogens is 302 g/mol. The van der Waals surface area contributed by atoms with Crippen LogP contribution in [0.15, 0.2) is 30.3 Å². The van der Waals surface area contributed by atoms with E-state index in [1.54, 1.807) is 24.3 Å². The van der Waals surface area contributed by atoms with Crippen molar-refractivity contribution in [3.8, 4) is 5.06 Å². The third-order valence-corrected chi connectivity index (χ3v) is 4.05. The van der Waals surface area contributed by atoms with E-state index in [2.05, 4.69) is 0 Å². The fraction of sp³-hybridized carbons (Fsp3) is 0.154. The average molecular weight is 312 g/mol. The van der Waals surface area contributed by atoms with Gasteiger partial charge in [-0.2, -0.15) is 0 Å². The second-order valence-corrected chi connectivity index (χ2v) is 5.40. The van der Waals surface area contributed by atoms with Gasteiger partial charge in [-0.1, -0.05) is 41.1 Å². The molecule has 0 aliphatic carbocycles. The Morgan fingerprint density at radius 2 is 2.15 bits per heavy atom. The maximum atomic E-state index is 11.3. The van der Waals surface area contributed by atoms with Crippen molar-refractivity contribution in [2.75, 3.05) is 0 Å². The van der Waals surface area contributed by atoms with Crippen LogP contribution in [-0.4, -0.2) is 10.7 Å². The lowest BCUT2D eigenvalue weighted by atomic mass is 10.2. The number of thiophene rings is 1. The minimum absolute atomic E-state index is 0.109. The Bertz CT molecular complexity index is 668. The van der Waals surface area contributed by atoms with Crippen LogP contribution < -0.4 is 4.74 Å². The van der Waals surface area contributed by atoms with E-state index in [1.165, 1.54) is 13.0 Å². The summed E-state index contributed by atoms with van der Waals surface area (Å²) in [5.41, 5.74) is 0.522. The third-order valence-electron chi connectivity index (χ3n) is 2.54. The van der Waals surface area contributed by atoms with Gasteiger partial charge in [0, 0.05) is 16.7 Å². The van der Waals surface area contributed by atoms with E-state index in [-0.39, 0.29) is 23.1 Å². The quantitative estimate of drug-likeness (QED) is 0.473. The SMILES string of the molecule is CC(=O)c1cc([N+](=O)[O-])c(OCc2ccccc2Cl)s1. The molecule has 0 saturated heterocycles. The van der Waals surface area contributed by atoms with E-state index in [0.29, 0.717) is 9.90 Å². The summed E-state index contributed by atoms with van der Waals surface area (Å²) < 4.78 is 5.44. The Morgan fingerprint density at radius 1 is 1.45 bits per heavy atom. The van der Waals surface area contributed by atoms with E-state index in [1.807, 2.05) is 0 Å². The van der Waals surface area contributed by atoms with Crippen molar-refractivity contribution in [2.24, 2.45) is 0 Å². The Morgan fingerprint density at radius 3 is 2.75 bits per heavy atom. The number of ketones is 1. The molecule has 0 atom stereocenters. The molecule has 0 N–H and O–H groups in total. The molecule has 1 aromatic carbocycles. The monoisotopic (exact) mass is 311 g/mol. The highest BCUT2D eigenvalue weighted by Gasteiger charge is 2.22. The number of ether oxygens (including phenoxy) is 1. The minimum Gasteiger partial charge on any atom is -0.474 e. The number of nitro groups is 1. The first-order chi connectivity index (χ1) is 9.49. The fourth-order valence-electron chi connectivity index (χ4n) is 1.53. The van der Waals surface area contributed by atoms with Crippen molar-refractivity contribution in [3.63, 3.8) is 0 Å². The van der Waals surface area contributed by atoms with Gasteiger partial charge in [0.1, 0.15) is 6.61 Å². The van der Waals surface area contributed by atoms with Crippen molar-refractivity contribution in [2.45, 2.75) is 13.5 Å². The predicted molar refractivity (Wildman–Crippen MR) is 76.8 cm³/mol. The van der Waals surface area contributed by atoms with E-state index < -0.39 is 4.92 Å². The second kappa shape index (κ2) is 6.02. The molecule has 7 heteroatoms. The molecule has 0 aliphatic heterocycles. The van der Waals surface area contributed by atoms with Gasteiger partial charge in [-0.05, 0) is 13.0 Å². The van der Waals surface area contributed by atoms with Gasteiger partial charge in [0.25, 0.3) is 5.06 Å². The van der Waals surface area contributed by atoms with E-state index in [0.717, 1.165) is 16.9 Å². The zero-order chi connectivity index (χ0) is 14.7. The highest BCUT2D eigenvalue weighted by molar-refractivity contribution is 7.16. The summed E-state index contributed by atoms with van der Waals surface area (Å²) in [5, 5.41) is 11.6. The molecule has 20 heavy (non-hydrogen) atoms. The molecule has 0 fully saturated rings. The third kappa shape index (κ3) is 3.15. The maximum absolute atomic E-state index is 11.3. The van der Waals surface area contributed by atoms with Gasteiger partial charge in [-0.3, -0.25) is 14.9 Å². The van der Waals surface area contributed by atoms with Crippen LogP contribution in [0, 0.1) is 10.1 Å². The molecular formula is C13H10ClNO4S. The van der Waals surface area contributed by atoms with Gasteiger partial charge in [0.15, 0.2) is 5.78 Å². The molecule has 0 aliphatic rings. The van der Waals surface area contributed by atoms with Crippen LogP contribution in [0.3, 0.4) is 0 Å². The van der Waals surface area contributed by atoms with Crippen molar-refractivity contribution in [1.82, 2.24) is 0 Å². The highest BCUT2D eigenvalue weighted by Crippen LogP contribution is 2.37. The molecule has 104 valence electrons. The lowest BCUT2D eigenvalue weighted by Crippen LogP contribution is -1.97. The predicted octanol–water partition coefficient (Wildman–Crippen LogP) is 4.09. The summed E-state index contributed by atoms with van der Waals surface area (Å²) in [5.74, 6) is -0.231. The highest BCUT2D eigenvalue weighted by atomic mass is 35.5. The van der Waals surface area contributed by atoms with Crippen molar-refractivity contribution in [1.29, 1.82) is 0 Å². The van der Waals surface area contributed by atoms with Crippen molar-refractivity contribution < 1.29 is 14.5 Å². The second-order valence-electron chi connectivity index (χ2n) is 3.98. The molecule has 0 amide bonds. The van der Waals surface area contributed by atoms with Gasteiger partial charge in [-0.25, -0.2) is 0 Å². The van der Waals surface area contributed by atoms with Crippen LogP contribution in [0.25, 0.3) is 0 Å². The van der Waals surface area contributed by atoms with Crippen LogP contribution in [0.4, 0.5) is 5.69 Å². The molecule has 0 unspecified atom stereocenters. The van der Waals surface area contributed by atoms with Crippen LogP contribution in [0.5, 0.6) is 5.06 Å². The fourth-order valence-corrected chi connectivity index (χ4v) is 2.59. The Balaban J connectivity index is 2.23. The van der Waals surface area contributed by atoms with E-state index in [4.69, 9.17) is 16.3 Å². The molecule has 1 aromatic heterocycles. The number of hydrogen-bond acceptors (Lipinski definition) is 5. The molecule has 1 heterocycles. The number of rotatable bonds is 5. The van der Waals surface area contributed by atoms with Gasteiger partial charge >= 0.3 is 5.69 Å². The van der Waals surface area contributed by atoms with Crippen LogP contribution in [-0.2, 0) is 6.61 Å².